The van der Waals surface area contributed by atoms with Gasteiger partial charge in [-0.05, 0) is 13.3 Å². The molecule has 2 aromatic heterocycles. The molecule has 1 saturated heterocycles. The fourth-order valence-electron chi connectivity index (χ4n) is 2.96. The number of imidazole rings is 1. The van der Waals surface area contributed by atoms with Crippen molar-refractivity contribution in [3.8, 4) is 5.88 Å². The first-order valence-corrected chi connectivity index (χ1v) is 10.2. The molecule has 5 N–H and O–H groups in total. The summed E-state index contributed by atoms with van der Waals surface area (Å²) in [5.74, 6) is -0.262. The van der Waals surface area contributed by atoms with Crippen LogP contribution in [0.3, 0.4) is 0 Å². The molecule has 3 heterocycles. The monoisotopic (exact) mass is 419 g/mol. The molecule has 0 aliphatic carbocycles. The van der Waals surface area contributed by atoms with Gasteiger partial charge >= 0.3 is 7.60 Å². The maximum atomic E-state index is 12.2. The highest BCUT2D eigenvalue weighted by Gasteiger charge is 2.49. The molecule has 2 unspecified atom stereocenters. The first-order valence-electron chi connectivity index (χ1n) is 8.61. The summed E-state index contributed by atoms with van der Waals surface area (Å²) in [7, 11) is -2.78. The molecule has 3 rings (SSSR count). The van der Waals surface area contributed by atoms with Gasteiger partial charge in [-0.3, -0.25) is 4.57 Å². The Morgan fingerprint density at radius 2 is 2.07 bits per heavy atom. The zero-order valence-electron chi connectivity index (χ0n) is 15.6. The van der Waals surface area contributed by atoms with Crippen LogP contribution in [0, 0.1) is 0 Å². The highest BCUT2D eigenvalue weighted by Crippen LogP contribution is 2.55. The van der Waals surface area contributed by atoms with E-state index in [4.69, 9.17) is 9.26 Å². The van der Waals surface area contributed by atoms with E-state index in [0.29, 0.717) is 5.52 Å². The summed E-state index contributed by atoms with van der Waals surface area (Å²) in [6, 6.07) is 0. The molecule has 156 valence electrons. The Morgan fingerprint density at radius 1 is 1.39 bits per heavy atom. The highest BCUT2D eigenvalue weighted by molar-refractivity contribution is 7.54. The number of aromatic hydroxyl groups is 1. The Balaban J connectivity index is 1.82. The van der Waals surface area contributed by atoms with Crippen molar-refractivity contribution in [2.24, 2.45) is 7.05 Å². The van der Waals surface area contributed by atoms with E-state index in [1.54, 1.807) is 7.05 Å². The standard InChI is InChI=1S/C15H23N4O8P/c1-4-15(2,23)28(24,25)26-5-8-10(20)11(21)14(27-8)19-7-18(3)9-12(19)16-6-17-13(9)22/h6-8,10-11,14,20-21,23H,4-5H2,1-3H3,(H-,16,17,22,24,25)/p+1/t8-,10-,11-,14-,15?/m1/s1. The van der Waals surface area contributed by atoms with Crippen LogP contribution < -0.4 is 4.57 Å². The first kappa shape index (κ1) is 21.1. The molecule has 0 bridgehead atoms. The average Bonchev–Trinajstić information content (AvgIpc) is 3.11. The molecule has 0 aromatic carbocycles. The van der Waals surface area contributed by atoms with Crippen LogP contribution in [0.25, 0.3) is 11.2 Å². The second-order valence-corrected chi connectivity index (χ2v) is 9.20. The lowest BCUT2D eigenvalue weighted by Gasteiger charge is -2.27. The smallest absolute Gasteiger partial charge is 0.359 e. The number of hydrogen-bond donors (Lipinski definition) is 5. The number of aliphatic hydroxyl groups excluding tert-OH is 2. The van der Waals surface area contributed by atoms with Crippen molar-refractivity contribution < 1.29 is 43.7 Å². The topological polar surface area (TPSA) is 171 Å². The van der Waals surface area contributed by atoms with E-state index >= 15 is 0 Å². The maximum absolute atomic E-state index is 12.2. The zero-order chi connectivity index (χ0) is 20.9. The van der Waals surface area contributed by atoms with E-state index in [1.807, 2.05) is 0 Å². The third-order valence-corrected chi connectivity index (χ3v) is 7.02. The number of rotatable bonds is 6. The van der Waals surface area contributed by atoms with Gasteiger partial charge < -0.3 is 34.6 Å². The largest absolute Gasteiger partial charge is 0.490 e. The molecular weight excluding hydrogens is 395 g/mol. The molecular formula is C15H24N4O8P+. The summed E-state index contributed by atoms with van der Waals surface area (Å²) in [6.45, 7) is 2.18. The Hall–Kier alpha value is -1.66. The van der Waals surface area contributed by atoms with E-state index in [2.05, 4.69) is 9.97 Å². The lowest BCUT2D eigenvalue weighted by Crippen LogP contribution is -2.34. The molecule has 13 heteroatoms. The lowest BCUT2D eigenvalue weighted by molar-refractivity contribution is -0.646. The van der Waals surface area contributed by atoms with Gasteiger partial charge in [-0.1, -0.05) is 6.92 Å². The van der Waals surface area contributed by atoms with Crippen molar-refractivity contribution >= 4 is 18.8 Å². The Bertz CT molecular complexity index is 919. The molecule has 1 fully saturated rings. The van der Waals surface area contributed by atoms with Gasteiger partial charge in [0.2, 0.25) is 12.6 Å². The van der Waals surface area contributed by atoms with Crippen molar-refractivity contribution in [2.75, 3.05) is 6.61 Å². The van der Waals surface area contributed by atoms with Gasteiger partial charge in [-0.25, -0.2) is 4.57 Å². The second-order valence-electron chi connectivity index (χ2n) is 6.94. The highest BCUT2D eigenvalue weighted by atomic mass is 31.2. The van der Waals surface area contributed by atoms with E-state index in [0.717, 1.165) is 6.33 Å². The van der Waals surface area contributed by atoms with Crippen LogP contribution in [-0.2, 0) is 20.9 Å². The minimum Gasteiger partial charge on any atom is -0.490 e. The number of hydrogen-bond acceptors (Lipinski definition) is 9. The van der Waals surface area contributed by atoms with Crippen LogP contribution in [0.4, 0.5) is 0 Å². The van der Waals surface area contributed by atoms with Crippen LogP contribution in [-0.4, -0.2) is 70.1 Å². The normalized spacial score (nSPS) is 29.7. The van der Waals surface area contributed by atoms with Crippen molar-refractivity contribution in [1.29, 1.82) is 0 Å². The number of ether oxygens (including phenoxy) is 1. The number of aliphatic hydroxyl groups is 3. The van der Waals surface area contributed by atoms with Gasteiger partial charge in [0.25, 0.3) is 17.0 Å². The van der Waals surface area contributed by atoms with Gasteiger partial charge in [0.1, 0.15) is 24.6 Å². The lowest BCUT2D eigenvalue weighted by atomic mass is 10.1. The summed E-state index contributed by atoms with van der Waals surface area (Å²) in [6.07, 6.45) is -2.42. The molecule has 0 amide bonds. The molecule has 2 aromatic rings. The molecule has 1 aliphatic heterocycles. The molecule has 0 radical (unpaired) electrons. The average molecular weight is 419 g/mol. The molecule has 12 nitrogen and oxygen atoms in total. The van der Waals surface area contributed by atoms with E-state index < -0.39 is 44.1 Å². The number of fused-ring (bicyclic) bond motifs is 1. The summed E-state index contributed by atoms with van der Waals surface area (Å²) in [5, 5.41) is 38.6. The van der Waals surface area contributed by atoms with Gasteiger partial charge in [-0.2, -0.15) is 14.5 Å². The summed E-state index contributed by atoms with van der Waals surface area (Å²) >= 11 is 0. The van der Waals surface area contributed by atoms with Crippen molar-refractivity contribution in [1.82, 2.24) is 14.5 Å². The van der Waals surface area contributed by atoms with E-state index in [-0.39, 0.29) is 17.9 Å². The minimum absolute atomic E-state index is 0.0187. The van der Waals surface area contributed by atoms with Crippen LogP contribution in [0.1, 0.15) is 26.5 Å². The van der Waals surface area contributed by atoms with Crippen LogP contribution in [0.5, 0.6) is 5.88 Å². The van der Waals surface area contributed by atoms with Gasteiger partial charge in [-0.15, -0.1) is 0 Å². The third kappa shape index (κ3) is 3.41. The molecule has 0 saturated carbocycles. The summed E-state index contributed by atoms with van der Waals surface area (Å²) < 4.78 is 25.8. The predicted octanol–water partition coefficient (Wildman–Crippen LogP) is -1.10. The van der Waals surface area contributed by atoms with E-state index in [9.17, 15) is 29.9 Å². The molecule has 6 atom stereocenters. The number of nitrogens with zero attached hydrogens (tertiary/aromatic N) is 4. The SMILES string of the molecule is CCC(C)(O)P(=O)(O)OC[C@H]1O[C@@H](n2c[n+](C)c3c(O)ncnc32)[C@H](O)[C@@H]1O. The quantitative estimate of drug-likeness (QED) is 0.286. The van der Waals surface area contributed by atoms with Gasteiger partial charge in [0.05, 0.1) is 13.7 Å². The minimum atomic E-state index is -4.41. The third-order valence-electron chi connectivity index (χ3n) is 4.98. The molecule has 28 heavy (non-hydrogen) atoms. The zero-order valence-corrected chi connectivity index (χ0v) is 16.5. The fourth-order valence-corrected chi connectivity index (χ4v) is 3.99. The second kappa shape index (κ2) is 7.30. The van der Waals surface area contributed by atoms with Crippen molar-refractivity contribution in [3.63, 3.8) is 0 Å². The molecule has 0 spiro atoms. The number of aromatic nitrogens is 4. The molecule has 1 aliphatic rings. The first-order chi connectivity index (χ1) is 13.0. The van der Waals surface area contributed by atoms with Crippen LogP contribution in [0.15, 0.2) is 12.7 Å². The predicted molar refractivity (Wildman–Crippen MR) is 93.0 cm³/mol. The van der Waals surface area contributed by atoms with E-state index in [1.165, 1.54) is 29.3 Å². The van der Waals surface area contributed by atoms with Gasteiger partial charge in [0, 0.05) is 0 Å². The Kier molecular flexibility index (Phi) is 5.49. The maximum Gasteiger partial charge on any atom is 0.359 e. The summed E-state index contributed by atoms with van der Waals surface area (Å²) in [4.78, 5) is 17.7. The Labute approximate surface area is 160 Å². The van der Waals surface area contributed by atoms with Gasteiger partial charge in [0.15, 0.2) is 5.34 Å². The van der Waals surface area contributed by atoms with Crippen LogP contribution >= 0.6 is 7.60 Å². The van der Waals surface area contributed by atoms with Crippen molar-refractivity contribution in [3.05, 3.63) is 12.7 Å². The summed E-state index contributed by atoms with van der Waals surface area (Å²) in [5.41, 5.74) is 0.556. The van der Waals surface area contributed by atoms with Crippen molar-refractivity contribution in [2.45, 2.75) is 50.2 Å². The van der Waals surface area contributed by atoms with Crippen LogP contribution in [0.2, 0.25) is 0 Å². The fraction of sp³-hybridized carbons (Fsp3) is 0.667. The number of aryl methyl sites for hydroxylation is 1. The Morgan fingerprint density at radius 3 is 2.71 bits per heavy atom.